The lowest BCUT2D eigenvalue weighted by atomic mass is 10.0. The highest BCUT2D eigenvalue weighted by Crippen LogP contribution is 2.31. The average Bonchev–Trinajstić information content (AvgIpc) is 3.01. The summed E-state index contributed by atoms with van der Waals surface area (Å²) >= 11 is 1.42. The van der Waals surface area contributed by atoms with Crippen molar-refractivity contribution in [2.24, 2.45) is 0 Å². The van der Waals surface area contributed by atoms with Crippen molar-refractivity contribution in [3.63, 3.8) is 0 Å². The van der Waals surface area contributed by atoms with Crippen LogP contribution in [0.25, 0.3) is 0 Å². The zero-order chi connectivity index (χ0) is 16.9. The molecule has 0 bridgehead atoms. The summed E-state index contributed by atoms with van der Waals surface area (Å²) in [4.78, 5) is 15.8. The van der Waals surface area contributed by atoms with Gasteiger partial charge >= 0.3 is 12.2 Å². The van der Waals surface area contributed by atoms with Crippen molar-refractivity contribution in [2.45, 2.75) is 25.6 Å². The van der Waals surface area contributed by atoms with Crippen molar-refractivity contribution in [3.05, 3.63) is 52.0 Å². The molecule has 0 spiro atoms. The smallest absolute Gasteiger partial charge is 0.338 e. The van der Waals surface area contributed by atoms with Crippen molar-refractivity contribution >= 4 is 17.4 Å². The summed E-state index contributed by atoms with van der Waals surface area (Å²) in [6.07, 6.45) is -2.64. The second kappa shape index (κ2) is 7.45. The third-order valence-corrected chi connectivity index (χ3v) is 4.13. The fraction of sp³-hybridized carbons (Fsp3) is 0.333. The highest BCUT2D eigenvalue weighted by molar-refractivity contribution is 7.09. The number of nitrogens with zero attached hydrogens (tertiary/aromatic N) is 1. The van der Waals surface area contributed by atoms with Crippen LogP contribution in [-0.2, 0) is 12.6 Å². The molecular formula is C15H16F3N3OS. The van der Waals surface area contributed by atoms with Gasteiger partial charge in [-0.15, -0.1) is 11.3 Å². The Labute approximate surface area is 135 Å². The molecule has 1 aromatic heterocycles. The molecule has 4 nitrogen and oxygen atoms in total. The molecule has 0 saturated heterocycles. The SMILES string of the molecule is CC(NC(=O)NCCc1ccccc1C(F)(F)F)c1nccs1. The second-order valence-electron chi connectivity index (χ2n) is 4.90. The fourth-order valence-corrected chi connectivity index (χ4v) is 2.73. The first-order valence-corrected chi connectivity index (χ1v) is 7.84. The van der Waals surface area contributed by atoms with Crippen molar-refractivity contribution in [1.29, 1.82) is 0 Å². The molecule has 0 radical (unpaired) electrons. The zero-order valence-corrected chi connectivity index (χ0v) is 13.2. The van der Waals surface area contributed by atoms with E-state index in [0.717, 1.165) is 11.1 Å². The Kier molecular flexibility index (Phi) is 5.59. The number of urea groups is 1. The van der Waals surface area contributed by atoms with Crippen molar-refractivity contribution in [3.8, 4) is 0 Å². The number of alkyl halides is 3. The number of carbonyl (C=O) groups is 1. The third kappa shape index (κ3) is 4.95. The van der Waals surface area contributed by atoms with Crippen LogP contribution in [0.4, 0.5) is 18.0 Å². The number of hydrogen-bond acceptors (Lipinski definition) is 3. The molecule has 1 heterocycles. The minimum absolute atomic E-state index is 0.106. The Balaban J connectivity index is 1.85. The monoisotopic (exact) mass is 343 g/mol. The molecule has 0 aliphatic rings. The molecule has 2 rings (SSSR count). The van der Waals surface area contributed by atoms with Crippen molar-refractivity contribution in [1.82, 2.24) is 15.6 Å². The van der Waals surface area contributed by atoms with Gasteiger partial charge in [0.1, 0.15) is 5.01 Å². The van der Waals surface area contributed by atoms with E-state index in [1.54, 1.807) is 24.6 Å². The Hall–Kier alpha value is -2.09. The second-order valence-corrected chi connectivity index (χ2v) is 5.82. The quantitative estimate of drug-likeness (QED) is 0.868. The highest BCUT2D eigenvalue weighted by Gasteiger charge is 2.32. The lowest BCUT2D eigenvalue weighted by Crippen LogP contribution is -2.38. The maximum atomic E-state index is 12.9. The first kappa shape index (κ1) is 17.3. The third-order valence-electron chi connectivity index (χ3n) is 3.17. The topological polar surface area (TPSA) is 54.0 Å². The zero-order valence-electron chi connectivity index (χ0n) is 12.4. The summed E-state index contributed by atoms with van der Waals surface area (Å²) in [6, 6.07) is 4.67. The van der Waals surface area contributed by atoms with Crippen LogP contribution in [-0.4, -0.2) is 17.6 Å². The number of hydrogen-bond donors (Lipinski definition) is 2. The van der Waals surface area contributed by atoms with Gasteiger partial charge in [0.25, 0.3) is 0 Å². The van der Waals surface area contributed by atoms with Crippen LogP contribution in [0.1, 0.15) is 29.1 Å². The van der Waals surface area contributed by atoms with Crippen LogP contribution in [0.5, 0.6) is 0 Å². The first-order chi connectivity index (χ1) is 10.9. The molecular weight excluding hydrogens is 327 g/mol. The van der Waals surface area contributed by atoms with Gasteiger partial charge in [-0.1, -0.05) is 18.2 Å². The summed E-state index contributed by atoms with van der Waals surface area (Å²) in [5, 5.41) is 7.82. The van der Waals surface area contributed by atoms with E-state index in [1.165, 1.54) is 23.5 Å². The van der Waals surface area contributed by atoms with E-state index in [2.05, 4.69) is 15.6 Å². The van der Waals surface area contributed by atoms with Crippen LogP contribution in [0.3, 0.4) is 0 Å². The van der Waals surface area contributed by atoms with E-state index in [-0.39, 0.29) is 24.6 Å². The molecule has 0 saturated carbocycles. The van der Waals surface area contributed by atoms with Crippen LogP contribution >= 0.6 is 11.3 Å². The van der Waals surface area contributed by atoms with Crippen molar-refractivity contribution in [2.75, 3.05) is 6.54 Å². The Morgan fingerprint density at radius 1 is 1.35 bits per heavy atom. The number of amides is 2. The molecule has 1 aromatic carbocycles. The van der Waals surface area contributed by atoms with Gasteiger partial charge in [-0.25, -0.2) is 9.78 Å². The molecule has 8 heteroatoms. The number of aromatic nitrogens is 1. The van der Waals surface area contributed by atoms with E-state index < -0.39 is 17.8 Å². The molecule has 2 N–H and O–H groups in total. The van der Waals surface area contributed by atoms with Gasteiger partial charge < -0.3 is 10.6 Å². The van der Waals surface area contributed by atoms with Gasteiger partial charge in [0.05, 0.1) is 11.6 Å². The Morgan fingerprint density at radius 2 is 2.09 bits per heavy atom. The van der Waals surface area contributed by atoms with Crippen LogP contribution in [0.2, 0.25) is 0 Å². The Bertz CT molecular complexity index is 644. The summed E-state index contributed by atoms with van der Waals surface area (Å²) in [7, 11) is 0. The summed E-state index contributed by atoms with van der Waals surface area (Å²) < 4.78 is 38.6. The largest absolute Gasteiger partial charge is 0.416 e. The van der Waals surface area contributed by atoms with E-state index in [1.807, 2.05) is 0 Å². The fourth-order valence-electron chi connectivity index (χ4n) is 2.08. The van der Waals surface area contributed by atoms with Gasteiger partial charge in [-0.2, -0.15) is 13.2 Å². The van der Waals surface area contributed by atoms with Crippen molar-refractivity contribution < 1.29 is 18.0 Å². The molecule has 1 unspecified atom stereocenters. The number of halogens is 3. The standard InChI is InChI=1S/C15H16F3N3OS/c1-10(13-19-8-9-23-13)21-14(22)20-7-6-11-4-2-3-5-12(11)15(16,17)18/h2-5,8-10H,6-7H2,1H3,(H2,20,21,22). The molecule has 0 aliphatic carbocycles. The molecule has 1 atom stereocenters. The predicted octanol–water partition coefficient (Wildman–Crippen LogP) is 3.76. The summed E-state index contributed by atoms with van der Waals surface area (Å²) in [6.45, 7) is 1.90. The van der Waals surface area contributed by atoms with E-state index in [9.17, 15) is 18.0 Å². The number of benzene rings is 1. The molecule has 2 aromatic rings. The van der Waals surface area contributed by atoms with Gasteiger partial charge in [-0.05, 0) is 25.0 Å². The highest BCUT2D eigenvalue weighted by atomic mass is 32.1. The average molecular weight is 343 g/mol. The summed E-state index contributed by atoms with van der Waals surface area (Å²) in [5.74, 6) is 0. The lowest BCUT2D eigenvalue weighted by Gasteiger charge is -2.14. The van der Waals surface area contributed by atoms with Crippen LogP contribution in [0, 0.1) is 0 Å². The first-order valence-electron chi connectivity index (χ1n) is 6.97. The predicted molar refractivity (Wildman–Crippen MR) is 82.2 cm³/mol. The number of rotatable bonds is 5. The van der Waals surface area contributed by atoms with Crippen LogP contribution in [0.15, 0.2) is 35.8 Å². The molecule has 124 valence electrons. The van der Waals surface area contributed by atoms with E-state index in [4.69, 9.17) is 0 Å². The van der Waals surface area contributed by atoms with Gasteiger partial charge in [0.2, 0.25) is 0 Å². The lowest BCUT2D eigenvalue weighted by molar-refractivity contribution is -0.138. The molecule has 0 fully saturated rings. The molecule has 2 amide bonds. The normalized spacial score (nSPS) is 12.7. The van der Waals surface area contributed by atoms with Gasteiger partial charge in [0, 0.05) is 18.1 Å². The minimum atomic E-state index is -4.39. The number of thiazole rings is 1. The molecule has 0 aliphatic heterocycles. The maximum absolute atomic E-state index is 12.9. The van der Waals surface area contributed by atoms with Gasteiger partial charge in [-0.3, -0.25) is 0 Å². The van der Waals surface area contributed by atoms with E-state index in [0.29, 0.717) is 0 Å². The van der Waals surface area contributed by atoms with E-state index >= 15 is 0 Å². The van der Waals surface area contributed by atoms with Gasteiger partial charge in [0.15, 0.2) is 0 Å². The minimum Gasteiger partial charge on any atom is -0.338 e. The summed E-state index contributed by atoms with van der Waals surface area (Å²) in [5.41, 5.74) is -0.508. The maximum Gasteiger partial charge on any atom is 0.416 e. The molecule has 23 heavy (non-hydrogen) atoms. The van der Waals surface area contributed by atoms with Crippen LogP contribution < -0.4 is 10.6 Å². The number of carbonyl (C=O) groups excluding carboxylic acids is 1. The number of nitrogens with one attached hydrogen (secondary N) is 2. The Morgan fingerprint density at radius 3 is 2.74 bits per heavy atom.